The van der Waals surface area contributed by atoms with Crippen LogP contribution < -0.4 is 0 Å². The summed E-state index contributed by atoms with van der Waals surface area (Å²) in [6, 6.07) is 0. The first-order valence-electron chi connectivity index (χ1n) is 6.59. The first kappa shape index (κ1) is 14.1. The first-order chi connectivity index (χ1) is 9.17. The van der Waals surface area contributed by atoms with E-state index in [0.717, 1.165) is 31.5 Å². The smallest absolute Gasteiger partial charge is 0.125 e. The van der Waals surface area contributed by atoms with Crippen molar-refractivity contribution in [2.75, 3.05) is 0 Å². The van der Waals surface area contributed by atoms with Gasteiger partial charge in [0.25, 0.3) is 0 Å². The Bertz CT molecular complexity index is 534. The average Bonchev–Trinajstić information content (AvgIpc) is 2.98. The number of rotatable bonds is 6. The SMILES string of the molecule is CCCn1cc(C(O)c2c(Cl)cnn2CCC)cn1. The molecule has 0 aliphatic rings. The van der Waals surface area contributed by atoms with E-state index in [4.69, 9.17) is 11.6 Å². The van der Waals surface area contributed by atoms with Gasteiger partial charge in [0.05, 0.1) is 23.1 Å². The van der Waals surface area contributed by atoms with Gasteiger partial charge < -0.3 is 5.11 Å². The summed E-state index contributed by atoms with van der Waals surface area (Å²) >= 11 is 6.12. The van der Waals surface area contributed by atoms with Crippen LogP contribution in [0, 0.1) is 0 Å². The standard InChI is InChI=1S/C13H19ClN4O/c1-3-5-17-9-10(7-15-17)13(19)12-11(14)8-16-18(12)6-4-2/h7-9,13,19H,3-6H2,1-2H3. The van der Waals surface area contributed by atoms with Gasteiger partial charge in [0.2, 0.25) is 0 Å². The predicted octanol–water partition coefficient (Wildman–Crippen LogP) is 2.63. The molecule has 0 aromatic carbocycles. The Morgan fingerprint density at radius 2 is 1.95 bits per heavy atom. The van der Waals surface area contributed by atoms with Crippen LogP contribution in [0.25, 0.3) is 0 Å². The van der Waals surface area contributed by atoms with Gasteiger partial charge >= 0.3 is 0 Å². The molecule has 6 heteroatoms. The zero-order valence-corrected chi connectivity index (χ0v) is 12.0. The second-order valence-corrected chi connectivity index (χ2v) is 4.95. The summed E-state index contributed by atoms with van der Waals surface area (Å²) in [6.07, 6.45) is 6.27. The maximum absolute atomic E-state index is 10.5. The van der Waals surface area contributed by atoms with Crippen LogP contribution in [0.4, 0.5) is 0 Å². The van der Waals surface area contributed by atoms with Crippen molar-refractivity contribution < 1.29 is 5.11 Å². The molecule has 2 heterocycles. The Labute approximate surface area is 117 Å². The number of halogens is 1. The predicted molar refractivity (Wildman–Crippen MR) is 74.1 cm³/mol. The van der Waals surface area contributed by atoms with E-state index < -0.39 is 6.10 Å². The van der Waals surface area contributed by atoms with E-state index in [-0.39, 0.29) is 0 Å². The highest BCUT2D eigenvalue weighted by atomic mass is 35.5. The van der Waals surface area contributed by atoms with Crippen molar-refractivity contribution in [3.05, 3.63) is 34.9 Å². The molecule has 0 bridgehead atoms. The minimum absolute atomic E-state index is 0.490. The van der Waals surface area contributed by atoms with Gasteiger partial charge in [-0.2, -0.15) is 10.2 Å². The summed E-state index contributed by atoms with van der Waals surface area (Å²) in [5, 5.41) is 19.4. The fourth-order valence-corrected chi connectivity index (χ4v) is 2.31. The van der Waals surface area contributed by atoms with E-state index in [1.807, 2.05) is 10.9 Å². The van der Waals surface area contributed by atoms with Crippen molar-refractivity contribution in [2.24, 2.45) is 0 Å². The molecule has 2 aromatic heterocycles. The lowest BCUT2D eigenvalue weighted by Crippen LogP contribution is -2.10. The molecule has 0 amide bonds. The van der Waals surface area contributed by atoms with E-state index in [9.17, 15) is 5.11 Å². The molecule has 0 aliphatic heterocycles. The van der Waals surface area contributed by atoms with Crippen LogP contribution in [0.1, 0.15) is 44.1 Å². The molecule has 104 valence electrons. The van der Waals surface area contributed by atoms with Crippen molar-refractivity contribution in [1.29, 1.82) is 0 Å². The Morgan fingerprint density at radius 1 is 1.21 bits per heavy atom. The van der Waals surface area contributed by atoms with Crippen molar-refractivity contribution in [2.45, 2.75) is 45.9 Å². The van der Waals surface area contributed by atoms with E-state index in [0.29, 0.717) is 10.7 Å². The van der Waals surface area contributed by atoms with Crippen LogP contribution in [0.2, 0.25) is 5.02 Å². The van der Waals surface area contributed by atoms with E-state index in [1.165, 1.54) is 0 Å². The molecule has 0 spiro atoms. The molecule has 2 rings (SSSR count). The first-order valence-corrected chi connectivity index (χ1v) is 6.96. The average molecular weight is 283 g/mol. The van der Waals surface area contributed by atoms with Gasteiger partial charge in [-0.3, -0.25) is 9.36 Å². The highest BCUT2D eigenvalue weighted by Gasteiger charge is 2.20. The molecule has 1 atom stereocenters. The van der Waals surface area contributed by atoms with Crippen molar-refractivity contribution in [3.63, 3.8) is 0 Å². The maximum Gasteiger partial charge on any atom is 0.125 e. The largest absolute Gasteiger partial charge is 0.382 e. The van der Waals surface area contributed by atoms with Gasteiger partial charge in [0, 0.05) is 24.8 Å². The molecule has 0 fully saturated rings. The number of nitrogens with zero attached hydrogens (tertiary/aromatic N) is 4. The van der Waals surface area contributed by atoms with Crippen LogP contribution >= 0.6 is 11.6 Å². The van der Waals surface area contributed by atoms with Crippen LogP contribution in [-0.2, 0) is 13.1 Å². The lowest BCUT2D eigenvalue weighted by Gasteiger charge is -2.12. The molecule has 1 unspecified atom stereocenters. The van der Waals surface area contributed by atoms with Gasteiger partial charge in [-0.15, -0.1) is 0 Å². The highest BCUT2D eigenvalue weighted by molar-refractivity contribution is 6.31. The van der Waals surface area contributed by atoms with E-state index >= 15 is 0 Å². The van der Waals surface area contributed by atoms with Gasteiger partial charge in [-0.05, 0) is 12.8 Å². The molecule has 1 N–H and O–H groups in total. The third-order valence-corrected chi connectivity index (χ3v) is 3.24. The van der Waals surface area contributed by atoms with Crippen LogP contribution in [0.15, 0.2) is 18.6 Å². The maximum atomic E-state index is 10.5. The van der Waals surface area contributed by atoms with Crippen molar-refractivity contribution in [1.82, 2.24) is 19.6 Å². The summed E-state index contributed by atoms with van der Waals surface area (Å²) in [5.41, 5.74) is 1.38. The summed E-state index contributed by atoms with van der Waals surface area (Å²) in [4.78, 5) is 0. The van der Waals surface area contributed by atoms with Crippen LogP contribution in [0.3, 0.4) is 0 Å². The molecule has 19 heavy (non-hydrogen) atoms. The fraction of sp³-hybridized carbons (Fsp3) is 0.538. The minimum Gasteiger partial charge on any atom is -0.382 e. The number of hydrogen-bond acceptors (Lipinski definition) is 3. The third kappa shape index (κ3) is 2.98. The lowest BCUT2D eigenvalue weighted by molar-refractivity contribution is 0.207. The van der Waals surface area contributed by atoms with Gasteiger partial charge in [-0.25, -0.2) is 0 Å². The number of aliphatic hydroxyl groups is 1. The third-order valence-electron chi connectivity index (χ3n) is 2.95. The molecular formula is C13H19ClN4O. The topological polar surface area (TPSA) is 55.9 Å². The molecular weight excluding hydrogens is 264 g/mol. The van der Waals surface area contributed by atoms with E-state index in [1.54, 1.807) is 17.1 Å². The number of aryl methyl sites for hydroxylation is 2. The Kier molecular flexibility index (Phi) is 4.61. The minimum atomic E-state index is -0.785. The Morgan fingerprint density at radius 3 is 2.63 bits per heavy atom. The lowest BCUT2D eigenvalue weighted by atomic mass is 10.1. The van der Waals surface area contributed by atoms with Crippen molar-refractivity contribution in [3.8, 4) is 0 Å². The zero-order valence-electron chi connectivity index (χ0n) is 11.3. The molecule has 2 aromatic rings. The fourth-order valence-electron chi connectivity index (χ4n) is 2.06. The van der Waals surface area contributed by atoms with Crippen LogP contribution in [-0.4, -0.2) is 24.7 Å². The second kappa shape index (κ2) is 6.21. The quantitative estimate of drug-likeness (QED) is 0.886. The molecule has 0 saturated carbocycles. The van der Waals surface area contributed by atoms with Crippen molar-refractivity contribution >= 4 is 11.6 Å². The highest BCUT2D eigenvalue weighted by Crippen LogP contribution is 2.28. The molecule has 0 radical (unpaired) electrons. The second-order valence-electron chi connectivity index (χ2n) is 4.54. The van der Waals surface area contributed by atoms with E-state index in [2.05, 4.69) is 24.0 Å². The number of aliphatic hydroxyl groups excluding tert-OH is 1. The van der Waals surface area contributed by atoms with Gasteiger partial charge in [-0.1, -0.05) is 25.4 Å². The summed E-state index contributed by atoms with van der Waals surface area (Å²) in [5.74, 6) is 0. The summed E-state index contributed by atoms with van der Waals surface area (Å²) < 4.78 is 3.58. The molecule has 0 saturated heterocycles. The monoisotopic (exact) mass is 282 g/mol. The molecule has 5 nitrogen and oxygen atoms in total. The number of hydrogen-bond donors (Lipinski definition) is 1. The van der Waals surface area contributed by atoms with Gasteiger partial charge in [0.15, 0.2) is 0 Å². The Hall–Kier alpha value is -1.33. The Balaban J connectivity index is 2.26. The zero-order chi connectivity index (χ0) is 13.8. The van der Waals surface area contributed by atoms with Crippen LogP contribution in [0.5, 0.6) is 0 Å². The van der Waals surface area contributed by atoms with Gasteiger partial charge in [0.1, 0.15) is 6.10 Å². The normalized spacial score (nSPS) is 12.8. The summed E-state index contributed by atoms with van der Waals surface area (Å²) in [7, 11) is 0. The summed E-state index contributed by atoms with van der Waals surface area (Å²) in [6.45, 7) is 5.73. The molecule has 0 aliphatic carbocycles. The number of aromatic nitrogens is 4.